The van der Waals surface area contributed by atoms with Crippen molar-refractivity contribution in [3.8, 4) is 5.75 Å². The molecule has 0 saturated carbocycles. The average Bonchev–Trinajstić information content (AvgIpc) is 3.28. The number of nitrogens with zero attached hydrogens (tertiary/aromatic N) is 5. The van der Waals surface area contributed by atoms with Crippen molar-refractivity contribution in [3.05, 3.63) is 101 Å². The first-order valence-electron chi connectivity index (χ1n) is 9.72. The Balaban J connectivity index is 1.37. The number of fused-ring (bicyclic) bond motifs is 1. The first-order chi connectivity index (χ1) is 14.8. The first-order valence-corrected chi connectivity index (χ1v) is 9.72. The van der Waals surface area contributed by atoms with Gasteiger partial charge in [0.15, 0.2) is 0 Å². The summed E-state index contributed by atoms with van der Waals surface area (Å²) in [5.74, 6) is 1.42. The third kappa shape index (κ3) is 3.65. The summed E-state index contributed by atoms with van der Waals surface area (Å²) in [5, 5.41) is 15.3. The number of tetrazole rings is 1. The molecule has 1 N–H and O–H groups in total. The maximum atomic E-state index is 5.94. The number of anilines is 1. The molecule has 0 aliphatic carbocycles. The minimum absolute atomic E-state index is 0.127. The second kappa shape index (κ2) is 7.79. The number of allylic oxidation sites excluding steroid dienone is 1. The predicted molar refractivity (Wildman–Crippen MR) is 114 cm³/mol. The average molecular weight is 396 g/mol. The summed E-state index contributed by atoms with van der Waals surface area (Å²) in [4.78, 5) is 4.21. The standard InChI is InChI=1S/C23H20N6O/c1-16-4-6-17(7-5-16)15-30-20-10-8-18(9-11-20)22-13-21(19-3-2-12-24-14-19)25-23-26-27-28-29(22)23/h2-14,22H,15H2,1H3,(H,25,26,28)/t22-/m0/s1. The molecule has 30 heavy (non-hydrogen) atoms. The number of hydrogen-bond donors (Lipinski definition) is 1. The third-order valence-corrected chi connectivity index (χ3v) is 5.05. The Morgan fingerprint density at radius 1 is 1.03 bits per heavy atom. The molecule has 1 aliphatic heterocycles. The van der Waals surface area contributed by atoms with E-state index in [1.54, 1.807) is 10.9 Å². The Kier molecular flexibility index (Phi) is 4.69. The fourth-order valence-electron chi connectivity index (χ4n) is 3.39. The fraction of sp³-hybridized carbons (Fsp3) is 0.130. The van der Waals surface area contributed by atoms with Gasteiger partial charge in [-0.2, -0.15) is 4.68 Å². The van der Waals surface area contributed by atoms with E-state index >= 15 is 0 Å². The van der Waals surface area contributed by atoms with Gasteiger partial charge in [0.25, 0.3) is 0 Å². The van der Waals surface area contributed by atoms with Crippen LogP contribution in [0.1, 0.15) is 28.3 Å². The molecular weight excluding hydrogens is 376 g/mol. The van der Waals surface area contributed by atoms with Crippen LogP contribution in [-0.2, 0) is 6.61 Å². The Morgan fingerprint density at radius 2 is 1.87 bits per heavy atom. The van der Waals surface area contributed by atoms with Gasteiger partial charge in [-0.15, -0.1) is 0 Å². The van der Waals surface area contributed by atoms with Gasteiger partial charge in [0.2, 0.25) is 5.95 Å². The van der Waals surface area contributed by atoms with Crippen LogP contribution in [0, 0.1) is 6.92 Å². The number of pyridine rings is 1. The number of aromatic nitrogens is 5. The molecule has 1 aliphatic rings. The quantitative estimate of drug-likeness (QED) is 0.549. The van der Waals surface area contributed by atoms with Gasteiger partial charge < -0.3 is 10.1 Å². The van der Waals surface area contributed by atoms with Crippen LogP contribution in [0.2, 0.25) is 0 Å². The van der Waals surface area contributed by atoms with Crippen LogP contribution in [0.5, 0.6) is 5.75 Å². The van der Waals surface area contributed by atoms with Crippen molar-refractivity contribution >= 4 is 11.6 Å². The number of hydrogen-bond acceptors (Lipinski definition) is 6. The topological polar surface area (TPSA) is 77.8 Å². The molecule has 0 bridgehead atoms. The normalized spacial score (nSPS) is 15.1. The number of benzene rings is 2. The highest BCUT2D eigenvalue weighted by atomic mass is 16.5. The van der Waals surface area contributed by atoms with Crippen LogP contribution in [-0.4, -0.2) is 25.2 Å². The van der Waals surface area contributed by atoms with Crippen molar-refractivity contribution in [3.63, 3.8) is 0 Å². The van der Waals surface area contributed by atoms with E-state index in [2.05, 4.69) is 63.1 Å². The van der Waals surface area contributed by atoms with E-state index in [1.807, 2.05) is 42.6 Å². The number of aryl methyl sites for hydroxylation is 1. The zero-order chi connectivity index (χ0) is 20.3. The van der Waals surface area contributed by atoms with Gasteiger partial charge in [0, 0.05) is 23.7 Å². The highest BCUT2D eigenvalue weighted by molar-refractivity contribution is 5.76. The van der Waals surface area contributed by atoms with Crippen molar-refractivity contribution in [1.82, 2.24) is 25.2 Å². The smallest absolute Gasteiger partial charge is 0.248 e. The van der Waals surface area contributed by atoms with E-state index in [-0.39, 0.29) is 6.04 Å². The van der Waals surface area contributed by atoms with Crippen molar-refractivity contribution in [1.29, 1.82) is 0 Å². The lowest BCUT2D eigenvalue weighted by molar-refractivity contribution is 0.306. The molecule has 0 unspecified atom stereocenters. The summed E-state index contributed by atoms with van der Waals surface area (Å²) < 4.78 is 7.70. The summed E-state index contributed by atoms with van der Waals surface area (Å²) in [5.41, 5.74) is 5.36. The van der Waals surface area contributed by atoms with E-state index in [0.29, 0.717) is 12.6 Å². The van der Waals surface area contributed by atoms with E-state index < -0.39 is 0 Å². The molecule has 2 aromatic carbocycles. The fourth-order valence-corrected chi connectivity index (χ4v) is 3.39. The van der Waals surface area contributed by atoms with E-state index in [4.69, 9.17) is 4.74 Å². The molecule has 4 aromatic rings. The molecule has 1 atom stereocenters. The lowest BCUT2D eigenvalue weighted by Gasteiger charge is -2.23. The Labute approximate surface area is 174 Å². The molecule has 0 spiro atoms. The van der Waals surface area contributed by atoms with Gasteiger partial charge in [-0.05, 0) is 58.8 Å². The molecule has 0 saturated heterocycles. The lowest BCUT2D eigenvalue weighted by Crippen LogP contribution is -2.20. The summed E-state index contributed by atoms with van der Waals surface area (Å²) in [6.45, 7) is 2.61. The van der Waals surface area contributed by atoms with Crippen LogP contribution >= 0.6 is 0 Å². The minimum Gasteiger partial charge on any atom is -0.489 e. The molecule has 0 radical (unpaired) electrons. The van der Waals surface area contributed by atoms with Gasteiger partial charge >= 0.3 is 0 Å². The number of ether oxygens (including phenoxy) is 1. The van der Waals surface area contributed by atoms with Crippen LogP contribution in [0.25, 0.3) is 5.70 Å². The minimum atomic E-state index is -0.127. The first kappa shape index (κ1) is 18.1. The van der Waals surface area contributed by atoms with Crippen LogP contribution in [0.3, 0.4) is 0 Å². The van der Waals surface area contributed by atoms with Crippen molar-refractivity contribution < 1.29 is 4.74 Å². The second-order valence-electron chi connectivity index (χ2n) is 7.18. The summed E-state index contributed by atoms with van der Waals surface area (Å²) >= 11 is 0. The number of nitrogens with one attached hydrogen (secondary N) is 1. The number of rotatable bonds is 5. The maximum Gasteiger partial charge on any atom is 0.248 e. The lowest BCUT2D eigenvalue weighted by atomic mass is 10.0. The Morgan fingerprint density at radius 3 is 2.63 bits per heavy atom. The van der Waals surface area contributed by atoms with Crippen molar-refractivity contribution in [2.75, 3.05) is 5.32 Å². The molecule has 0 amide bonds. The van der Waals surface area contributed by atoms with E-state index in [0.717, 1.165) is 28.1 Å². The Bertz CT molecular complexity index is 1170. The molecular formula is C23H20N6O. The van der Waals surface area contributed by atoms with E-state index in [1.165, 1.54) is 5.56 Å². The van der Waals surface area contributed by atoms with Gasteiger partial charge in [-0.1, -0.05) is 47.1 Å². The summed E-state index contributed by atoms with van der Waals surface area (Å²) in [6.07, 6.45) is 5.67. The van der Waals surface area contributed by atoms with Gasteiger partial charge in [0.1, 0.15) is 18.4 Å². The molecule has 7 heteroatoms. The van der Waals surface area contributed by atoms with Crippen molar-refractivity contribution in [2.24, 2.45) is 0 Å². The van der Waals surface area contributed by atoms with Gasteiger partial charge in [0.05, 0.1) is 0 Å². The van der Waals surface area contributed by atoms with Crippen LogP contribution < -0.4 is 10.1 Å². The SMILES string of the molecule is Cc1ccc(COc2ccc([C@@H]3C=C(c4cccnc4)Nc4nnnn43)cc2)cc1. The highest BCUT2D eigenvalue weighted by Crippen LogP contribution is 2.32. The van der Waals surface area contributed by atoms with Gasteiger partial charge in [-0.25, -0.2) is 0 Å². The summed E-state index contributed by atoms with van der Waals surface area (Å²) in [6, 6.07) is 20.2. The zero-order valence-electron chi connectivity index (χ0n) is 16.4. The van der Waals surface area contributed by atoms with Crippen LogP contribution in [0.15, 0.2) is 79.1 Å². The zero-order valence-corrected chi connectivity index (χ0v) is 16.4. The monoisotopic (exact) mass is 396 g/mol. The highest BCUT2D eigenvalue weighted by Gasteiger charge is 2.24. The Hall–Kier alpha value is -4.00. The second-order valence-corrected chi connectivity index (χ2v) is 7.18. The molecule has 148 valence electrons. The third-order valence-electron chi connectivity index (χ3n) is 5.05. The van der Waals surface area contributed by atoms with Crippen LogP contribution in [0.4, 0.5) is 5.95 Å². The maximum absolute atomic E-state index is 5.94. The summed E-state index contributed by atoms with van der Waals surface area (Å²) in [7, 11) is 0. The molecule has 3 heterocycles. The molecule has 5 rings (SSSR count). The largest absolute Gasteiger partial charge is 0.489 e. The molecule has 7 nitrogen and oxygen atoms in total. The predicted octanol–water partition coefficient (Wildman–Crippen LogP) is 4.01. The molecule has 2 aromatic heterocycles. The van der Waals surface area contributed by atoms with E-state index in [9.17, 15) is 0 Å². The molecule has 0 fully saturated rings. The van der Waals surface area contributed by atoms with Crippen molar-refractivity contribution in [2.45, 2.75) is 19.6 Å². The van der Waals surface area contributed by atoms with Gasteiger partial charge in [-0.3, -0.25) is 4.98 Å².